The van der Waals surface area contributed by atoms with E-state index in [2.05, 4.69) is 4.98 Å². The summed E-state index contributed by atoms with van der Waals surface area (Å²) in [6.07, 6.45) is 0.0535. The SMILES string of the molecule is COc1ccc(OC)c([C@@H]2CC(=O)Oc3c2c(=O)[nH]c2ccccc32)c1. The molecule has 0 aliphatic carbocycles. The molecule has 1 aromatic heterocycles. The lowest BCUT2D eigenvalue weighted by Crippen LogP contribution is -2.28. The maximum Gasteiger partial charge on any atom is 0.312 e. The quantitative estimate of drug-likeness (QED) is 0.734. The Morgan fingerprint density at radius 1 is 1.08 bits per heavy atom. The van der Waals surface area contributed by atoms with Crippen LogP contribution in [0.3, 0.4) is 0 Å². The van der Waals surface area contributed by atoms with Crippen molar-refractivity contribution in [3.63, 3.8) is 0 Å². The van der Waals surface area contributed by atoms with Crippen LogP contribution < -0.4 is 19.8 Å². The molecule has 0 saturated heterocycles. The van der Waals surface area contributed by atoms with Crippen molar-refractivity contribution in [1.29, 1.82) is 0 Å². The molecule has 0 bridgehead atoms. The maximum absolute atomic E-state index is 12.8. The van der Waals surface area contributed by atoms with E-state index in [0.717, 1.165) is 0 Å². The minimum Gasteiger partial charge on any atom is -0.497 e. The number of rotatable bonds is 3. The second-order valence-corrected chi connectivity index (χ2v) is 6.08. The highest BCUT2D eigenvalue weighted by Crippen LogP contribution is 2.43. The monoisotopic (exact) mass is 351 g/mol. The van der Waals surface area contributed by atoms with Crippen LogP contribution in [0.25, 0.3) is 10.9 Å². The first kappa shape index (κ1) is 16.2. The number of ether oxygens (including phenoxy) is 3. The normalized spacial score (nSPS) is 16.1. The molecule has 0 radical (unpaired) electrons. The number of methoxy groups -OCH3 is 2. The fourth-order valence-electron chi connectivity index (χ4n) is 3.46. The number of H-pyrrole nitrogens is 1. The summed E-state index contributed by atoms with van der Waals surface area (Å²) in [5.41, 5.74) is 1.49. The van der Waals surface area contributed by atoms with Crippen molar-refractivity contribution in [3.8, 4) is 17.2 Å². The zero-order valence-electron chi connectivity index (χ0n) is 14.4. The van der Waals surface area contributed by atoms with Gasteiger partial charge in [0.2, 0.25) is 0 Å². The Morgan fingerprint density at radius 2 is 1.88 bits per heavy atom. The molecule has 1 aliphatic rings. The Bertz CT molecular complexity index is 1070. The topological polar surface area (TPSA) is 77.6 Å². The molecule has 6 heteroatoms. The standard InChI is InChI=1S/C20H17NO5/c1-24-11-7-8-16(25-2)13(9-11)14-10-17(22)26-19-12-5-3-4-6-15(12)21-20(23)18(14)19/h3-9,14H,10H2,1-2H3,(H,21,23)/t14-/m0/s1. The summed E-state index contributed by atoms with van der Waals surface area (Å²) in [6, 6.07) is 12.6. The van der Waals surface area contributed by atoms with E-state index in [1.165, 1.54) is 0 Å². The lowest BCUT2D eigenvalue weighted by Gasteiger charge is -2.26. The second-order valence-electron chi connectivity index (χ2n) is 6.08. The van der Waals surface area contributed by atoms with Gasteiger partial charge in [-0.05, 0) is 30.3 Å². The van der Waals surface area contributed by atoms with Crippen LogP contribution in [0.4, 0.5) is 0 Å². The van der Waals surface area contributed by atoms with Gasteiger partial charge in [0.05, 0.1) is 31.7 Å². The van der Waals surface area contributed by atoms with Gasteiger partial charge in [0.15, 0.2) is 0 Å². The number of hydrogen-bond acceptors (Lipinski definition) is 5. The number of hydrogen-bond donors (Lipinski definition) is 1. The maximum atomic E-state index is 12.8. The predicted molar refractivity (Wildman–Crippen MR) is 96.2 cm³/mol. The third kappa shape index (κ3) is 2.50. The molecule has 2 aromatic carbocycles. The number of fused-ring (bicyclic) bond motifs is 3. The summed E-state index contributed by atoms with van der Waals surface area (Å²) in [5, 5.41) is 0.696. The van der Waals surface area contributed by atoms with Gasteiger partial charge in [-0.15, -0.1) is 0 Å². The van der Waals surface area contributed by atoms with Crippen LogP contribution in [-0.2, 0) is 4.79 Å². The third-order valence-corrected chi connectivity index (χ3v) is 4.66. The number of esters is 1. The third-order valence-electron chi connectivity index (χ3n) is 4.66. The van der Waals surface area contributed by atoms with Gasteiger partial charge < -0.3 is 19.2 Å². The Kier molecular flexibility index (Phi) is 3.88. The van der Waals surface area contributed by atoms with Crippen LogP contribution in [0.15, 0.2) is 47.3 Å². The van der Waals surface area contributed by atoms with Crippen LogP contribution in [0.2, 0.25) is 0 Å². The Hall–Kier alpha value is -3.28. The summed E-state index contributed by atoms with van der Waals surface area (Å²) >= 11 is 0. The molecule has 1 aliphatic heterocycles. The van der Waals surface area contributed by atoms with E-state index in [9.17, 15) is 9.59 Å². The molecule has 132 valence electrons. The molecule has 6 nitrogen and oxygen atoms in total. The minimum atomic E-state index is -0.482. The van der Waals surface area contributed by atoms with Crippen molar-refractivity contribution in [2.75, 3.05) is 14.2 Å². The second kappa shape index (κ2) is 6.22. The highest BCUT2D eigenvalue weighted by Gasteiger charge is 2.34. The highest BCUT2D eigenvalue weighted by atomic mass is 16.5. The van der Waals surface area contributed by atoms with E-state index in [1.54, 1.807) is 38.5 Å². The Morgan fingerprint density at radius 3 is 2.65 bits per heavy atom. The van der Waals surface area contributed by atoms with E-state index >= 15 is 0 Å². The van der Waals surface area contributed by atoms with Crippen molar-refractivity contribution in [3.05, 3.63) is 63.9 Å². The fraction of sp³-hybridized carbons (Fsp3) is 0.200. The van der Waals surface area contributed by atoms with E-state index in [1.807, 2.05) is 18.2 Å². The van der Waals surface area contributed by atoms with Crippen molar-refractivity contribution >= 4 is 16.9 Å². The van der Waals surface area contributed by atoms with Crippen LogP contribution in [0.5, 0.6) is 17.2 Å². The van der Waals surface area contributed by atoms with Crippen LogP contribution in [0.1, 0.15) is 23.5 Å². The molecule has 1 atom stereocenters. The van der Waals surface area contributed by atoms with Gasteiger partial charge in [0, 0.05) is 16.9 Å². The van der Waals surface area contributed by atoms with E-state index in [4.69, 9.17) is 14.2 Å². The van der Waals surface area contributed by atoms with Gasteiger partial charge in [-0.3, -0.25) is 9.59 Å². The number of pyridine rings is 1. The Labute approximate surface area is 149 Å². The largest absolute Gasteiger partial charge is 0.497 e. The van der Waals surface area contributed by atoms with Crippen LogP contribution in [0, 0.1) is 0 Å². The zero-order chi connectivity index (χ0) is 18.3. The molecule has 0 unspecified atom stereocenters. The molecule has 4 rings (SSSR count). The van der Waals surface area contributed by atoms with E-state index < -0.39 is 5.92 Å². The number of aromatic nitrogens is 1. The first-order valence-electron chi connectivity index (χ1n) is 8.20. The van der Waals surface area contributed by atoms with Crippen LogP contribution >= 0.6 is 0 Å². The predicted octanol–water partition coefficient (Wildman–Crippen LogP) is 2.99. The first-order chi connectivity index (χ1) is 12.6. The minimum absolute atomic E-state index is 0.0535. The smallest absolute Gasteiger partial charge is 0.312 e. The molecule has 0 fully saturated rings. The number of benzene rings is 2. The number of aromatic amines is 1. The molecule has 1 N–H and O–H groups in total. The van der Waals surface area contributed by atoms with Crippen molar-refractivity contribution < 1.29 is 19.0 Å². The lowest BCUT2D eigenvalue weighted by molar-refractivity contribution is -0.135. The number of nitrogens with one attached hydrogen (secondary N) is 1. The highest BCUT2D eigenvalue weighted by molar-refractivity contribution is 5.91. The summed E-state index contributed by atoms with van der Waals surface area (Å²) in [5.74, 6) is 0.658. The zero-order valence-corrected chi connectivity index (χ0v) is 14.4. The van der Waals surface area contributed by atoms with Crippen molar-refractivity contribution in [2.24, 2.45) is 0 Å². The van der Waals surface area contributed by atoms with E-state index in [-0.39, 0.29) is 17.9 Å². The van der Waals surface area contributed by atoms with Gasteiger partial charge in [-0.2, -0.15) is 0 Å². The first-order valence-corrected chi connectivity index (χ1v) is 8.20. The van der Waals surface area contributed by atoms with Crippen molar-refractivity contribution in [1.82, 2.24) is 4.98 Å². The van der Waals surface area contributed by atoms with Gasteiger partial charge in [-0.25, -0.2) is 0 Å². The van der Waals surface area contributed by atoms with Crippen LogP contribution in [-0.4, -0.2) is 25.2 Å². The molecular weight excluding hydrogens is 334 g/mol. The van der Waals surface area contributed by atoms with Gasteiger partial charge in [-0.1, -0.05) is 12.1 Å². The Balaban J connectivity index is 2.01. The van der Waals surface area contributed by atoms with Gasteiger partial charge in [0.25, 0.3) is 5.56 Å². The number of para-hydroxylation sites is 1. The molecule has 26 heavy (non-hydrogen) atoms. The van der Waals surface area contributed by atoms with Crippen molar-refractivity contribution in [2.45, 2.75) is 12.3 Å². The molecule has 0 spiro atoms. The van der Waals surface area contributed by atoms with E-state index in [0.29, 0.717) is 39.3 Å². The van der Waals surface area contributed by atoms with Gasteiger partial charge >= 0.3 is 5.97 Å². The molecule has 3 aromatic rings. The summed E-state index contributed by atoms with van der Waals surface area (Å²) < 4.78 is 16.2. The van der Waals surface area contributed by atoms with Gasteiger partial charge in [0.1, 0.15) is 17.2 Å². The molecule has 0 saturated carbocycles. The number of carbonyl (C=O) groups excluding carboxylic acids is 1. The summed E-state index contributed by atoms with van der Waals surface area (Å²) in [4.78, 5) is 28.0. The fourth-order valence-corrected chi connectivity index (χ4v) is 3.46. The molecular formula is C20H17NO5. The summed E-state index contributed by atoms with van der Waals surface area (Å²) in [7, 11) is 3.12. The number of carbonyl (C=O) groups is 1. The average Bonchev–Trinajstić information content (AvgIpc) is 2.66. The molecule has 0 amide bonds. The summed E-state index contributed by atoms with van der Waals surface area (Å²) in [6.45, 7) is 0. The lowest BCUT2D eigenvalue weighted by atomic mass is 9.85. The average molecular weight is 351 g/mol. The molecule has 2 heterocycles.